The first kappa shape index (κ1) is 20.9. The van der Waals surface area contributed by atoms with E-state index in [9.17, 15) is 9.59 Å². The van der Waals surface area contributed by atoms with Gasteiger partial charge in [-0.05, 0) is 55.9 Å². The monoisotopic (exact) mass is 395 g/mol. The van der Waals surface area contributed by atoms with Gasteiger partial charge in [0.25, 0.3) is 11.8 Å². The Hall–Kier alpha value is -2.86. The quantitative estimate of drug-likeness (QED) is 0.729. The summed E-state index contributed by atoms with van der Waals surface area (Å²) in [5.41, 5.74) is 1.74. The molecule has 0 radical (unpaired) electrons. The van der Waals surface area contributed by atoms with Gasteiger partial charge in [0, 0.05) is 43.0 Å². The average Bonchev–Trinajstić information content (AvgIpc) is 2.74. The maximum atomic E-state index is 12.7. The normalized spacial score (nSPS) is 14.5. The van der Waals surface area contributed by atoms with E-state index in [2.05, 4.69) is 24.2 Å². The van der Waals surface area contributed by atoms with Crippen LogP contribution >= 0.6 is 0 Å². The van der Waals surface area contributed by atoms with Gasteiger partial charge in [0.05, 0.1) is 6.61 Å². The van der Waals surface area contributed by atoms with E-state index in [-0.39, 0.29) is 11.8 Å². The third-order valence-electron chi connectivity index (χ3n) is 5.04. The van der Waals surface area contributed by atoms with Gasteiger partial charge in [-0.3, -0.25) is 9.59 Å². The molecule has 1 heterocycles. The molecule has 1 N–H and O–H groups in total. The molecule has 0 aromatic heterocycles. The predicted molar refractivity (Wildman–Crippen MR) is 115 cm³/mol. The summed E-state index contributed by atoms with van der Waals surface area (Å²) < 4.78 is 5.63. The Morgan fingerprint density at radius 3 is 2.41 bits per heavy atom. The molecule has 1 saturated heterocycles. The summed E-state index contributed by atoms with van der Waals surface area (Å²) in [7, 11) is 2.06. The molecule has 0 spiro atoms. The number of unbranched alkanes of at least 4 members (excludes halogenated alkanes) is 1. The summed E-state index contributed by atoms with van der Waals surface area (Å²) >= 11 is 0. The average molecular weight is 396 g/mol. The molecular weight excluding hydrogens is 366 g/mol. The van der Waals surface area contributed by atoms with Crippen LogP contribution in [0.5, 0.6) is 5.75 Å². The van der Waals surface area contributed by atoms with Crippen LogP contribution in [0.15, 0.2) is 48.5 Å². The van der Waals surface area contributed by atoms with Crippen molar-refractivity contribution in [2.45, 2.75) is 19.8 Å². The van der Waals surface area contributed by atoms with E-state index in [1.807, 2.05) is 4.90 Å². The maximum Gasteiger partial charge on any atom is 0.255 e. The molecule has 2 aromatic carbocycles. The molecule has 154 valence electrons. The number of nitrogens with one attached hydrogen (secondary N) is 1. The molecule has 0 bridgehead atoms. The molecule has 1 fully saturated rings. The third-order valence-corrected chi connectivity index (χ3v) is 5.04. The highest BCUT2D eigenvalue weighted by atomic mass is 16.5. The third kappa shape index (κ3) is 5.81. The number of rotatable bonds is 7. The zero-order valence-electron chi connectivity index (χ0n) is 17.2. The summed E-state index contributed by atoms with van der Waals surface area (Å²) in [5.74, 6) is 0.548. The van der Waals surface area contributed by atoms with E-state index in [0.29, 0.717) is 23.4 Å². The topological polar surface area (TPSA) is 61.9 Å². The standard InChI is InChI=1S/C23H29N3O3/c1-3-4-16-29-21-10-8-18(9-11-21)22(27)24-20-7-5-6-19(17-20)23(28)26-14-12-25(2)13-15-26/h5-11,17H,3-4,12-16H2,1-2H3,(H,24,27). The smallest absolute Gasteiger partial charge is 0.255 e. The summed E-state index contributed by atoms with van der Waals surface area (Å²) in [6.45, 7) is 5.98. The number of carbonyl (C=O) groups excluding carboxylic acids is 2. The number of anilines is 1. The van der Waals surface area contributed by atoms with Crippen LogP contribution in [0.1, 0.15) is 40.5 Å². The summed E-state index contributed by atoms with van der Waals surface area (Å²) in [4.78, 5) is 29.4. The number of carbonyl (C=O) groups is 2. The number of amides is 2. The van der Waals surface area contributed by atoms with Crippen molar-refractivity contribution in [3.05, 3.63) is 59.7 Å². The molecule has 3 rings (SSSR count). The Bertz CT molecular complexity index is 828. The van der Waals surface area contributed by atoms with Gasteiger partial charge in [0.15, 0.2) is 0 Å². The van der Waals surface area contributed by atoms with Crippen LogP contribution in [0.2, 0.25) is 0 Å². The number of ether oxygens (including phenoxy) is 1. The molecule has 0 saturated carbocycles. The van der Waals surface area contributed by atoms with E-state index < -0.39 is 0 Å². The first-order valence-electron chi connectivity index (χ1n) is 10.2. The lowest BCUT2D eigenvalue weighted by Gasteiger charge is -2.32. The van der Waals surface area contributed by atoms with E-state index >= 15 is 0 Å². The van der Waals surface area contributed by atoms with Gasteiger partial charge in [-0.25, -0.2) is 0 Å². The fraction of sp³-hybridized carbons (Fsp3) is 0.391. The summed E-state index contributed by atoms with van der Waals surface area (Å²) in [6.07, 6.45) is 2.09. The Labute approximate surface area is 172 Å². The second-order valence-corrected chi connectivity index (χ2v) is 7.36. The van der Waals surface area contributed by atoms with Crippen LogP contribution in [0, 0.1) is 0 Å². The van der Waals surface area contributed by atoms with Crippen LogP contribution in [0.25, 0.3) is 0 Å². The van der Waals surface area contributed by atoms with Crippen LogP contribution in [0.4, 0.5) is 5.69 Å². The fourth-order valence-electron chi connectivity index (χ4n) is 3.16. The van der Waals surface area contributed by atoms with Crippen LogP contribution in [0.3, 0.4) is 0 Å². The predicted octanol–water partition coefficient (Wildman–Crippen LogP) is 3.51. The number of piperazine rings is 1. The molecule has 6 nitrogen and oxygen atoms in total. The van der Waals surface area contributed by atoms with Crippen molar-refractivity contribution in [1.82, 2.24) is 9.80 Å². The van der Waals surface area contributed by atoms with E-state index in [4.69, 9.17) is 4.74 Å². The minimum atomic E-state index is -0.214. The SMILES string of the molecule is CCCCOc1ccc(C(=O)Nc2cccc(C(=O)N3CCN(C)CC3)c2)cc1. The van der Waals surface area contributed by atoms with E-state index in [0.717, 1.165) is 44.8 Å². The summed E-state index contributed by atoms with van der Waals surface area (Å²) in [5, 5.41) is 2.88. The molecule has 1 aliphatic heterocycles. The second kappa shape index (κ2) is 10.1. The van der Waals surface area contributed by atoms with Gasteiger partial charge in [-0.15, -0.1) is 0 Å². The largest absolute Gasteiger partial charge is 0.494 e. The van der Waals surface area contributed by atoms with Crippen LogP contribution < -0.4 is 10.1 Å². The molecule has 0 unspecified atom stereocenters. The molecule has 0 atom stereocenters. The van der Waals surface area contributed by atoms with Crippen molar-refractivity contribution in [2.75, 3.05) is 45.2 Å². The zero-order valence-corrected chi connectivity index (χ0v) is 17.2. The molecule has 6 heteroatoms. The van der Waals surface area contributed by atoms with Gasteiger partial charge in [-0.1, -0.05) is 19.4 Å². The minimum absolute atomic E-state index is 0.00257. The first-order valence-corrected chi connectivity index (χ1v) is 10.2. The Balaban J connectivity index is 1.60. The highest BCUT2D eigenvalue weighted by Gasteiger charge is 2.20. The number of benzene rings is 2. The maximum absolute atomic E-state index is 12.7. The van der Waals surface area contributed by atoms with Gasteiger partial charge in [-0.2, -0.15) is 0 Å². The molecule has 29 heavy (non-hydrogen) atoms. The number of hydrogen-bond acceptors (Lipinski definition) is 4. The molecule has 2 amide bonds. The van der Waals surface area contributed by atoms with Crippen molar-refractivity contribution < 1.29 is 14.3 Å². The van der Waals surface area contributed by atoms with Crippen molar-refractivity contribution in [3.63, 3.8) is 0 Å². The molecule has 0 aliphatic carbocycles. The van der Waals surface area contributed by atoms with Gasteiger partial charge in [0.1, 0.15) is 5.75 Å². The van der Waals surface area contributed by atoms with E-state index in [1.165, 1.54) is 0 Å². The van der Waals surface area contributed by atoms with Crippen molar-refractivity contribution >= 4 is 17.5 Å². The highest BCUT2D eigenvalue weighted by molar-refractivity contribution is 6.05. The lowest BCUT2D eigenvalue weighted by atomic mass is 10.1. The van der Waals surface area contributed by atoms with Crippen molar-refractivity contribution in [2.24, 2.45) is 0 Å². The number of nitrogens with zero attached hydrogens (tertiary/aromatic N) is 2. The fourth-order valence-corrected chi connectivity index (χ4v) is 3.16. The highest BCUT2D eigenvalue weighted by Crippen LogP contribution is 2.17. The molecular formula is C23H29N3O3. The van der Waals surface area contributed by atoms with Crippen molar-refractivity contribution in [1.29, 1.82) is 0 Å². The zero-order chi connectivity index (χ0) is 20.6. The first-order chi connectivity index (χ1) is 14.1. The molecule has 2 aromatic rings. The van der Waals surface area contributed by atoms with Gasteiger partial charge in [0.2, 0.25) is 0 Å². The lowest BCUT2D eigenvalue weighted by molar-refractivity contribution is 0.0664. The number of likely N-dealkylation sites (N-methyl/N-ethyl adjacent to an activating group) is 1. The minimum Gasteiger partial charge on any atom is -0.494 e. The lowest BCUT2D eigenvalue weighted by Crippen LogP contribution is -2.47. The van der Waals surface area contributed by atoms with E-state index in [1.54, 1.807) is 48.5 Å². The Kier molecular flexibility index (Phi) is 7.25. The van der Waals surface area contributed by atoms with Crippen LogP contribution in [-0.4, -0.2) is 61.4 Å². The van der Waals surface area contributed by atoms with Gasteiger partial charge < -0.3 is 19.9 Å². The number of hydrogen-bond donors (Lipinski definition) is 1. The Morgan fingerprint density at radius 1 is 1.00 bits per heavy atom. The Morgan fingerprint density at radius 2 is 1.72 bits per heavy atom. The van der Waals surface area contributed by atoms with Crippen molar-refractivity contribution in [3.8, 4) is 5.75 Å². The summed E-state index contributed by atoms with van der Waals surface area (Å²) in [6, 6.07) is 14.2. The van der Waals surface area contributed by atoms with Crippen LogP contribution in [-0.2, 0) is 0 Å². The van der Waals surface area contributed by atoms with Gasteiger partial charge >= 0.3 is 0 Å². The second-order valence-electron chi connectivity index (χ2n) is 7.36. The molecule has 1 aliphatic rings.